The molecule has 100 valence electrons. The number of hydrogen-bond acceptors (Lipinski definition) is 1. The van der Waals surface area contributed by atoms with Crippen LogP contribution in [0, 0.1) is 0 Å². The maximum absolute atomic E-state index is 11.2. The van der Waals surface area contributed by atoms with Crippen molar-refractivity contribution in [1.29, 1.82) is 0 Å². The minimum Gasteiger partial charge on any atom is -0.326 e. The van der Waals surface area contributed by atoms with Gasteiger partial charge in [0.1, 0.15) is 0 Å². The molecule has 0 aliphatic heterocycles. The minimum atomic E-state index is -0.0269. The molecule has 1 N–H and O–H groups in total. The van der Waals surface area contributed by atoms with E-state index in [1.807, 2.05) is 0 Å². The van der Waals surface area contributed by atoms with Crippen LogP contribution in [0.3, 0.4) is 0 Å². The molecule has 1 aromatic carbocycles. The SMILES string of the molecule is CC(=O)Nc1cc(C(C)(C)C)cc(C(C)(C)C)c1. The van der Waals surface area contributed by atoms with E-state index in [1.54, 1.807) is 6.92 Å². The number of rotatable bonds is 1. The van der Waals surface area contributed by atoms with Crippen LogP contribution in [0.15, 0.2) is 18.2 Å². The van der Waals surface area contributed by atoms with Crippen LogP contribution in [0.25, 0.3) is 0 Å². The van der Waals surface area contributed by atoms with Crippen LogP contribution in [0.5, 0.6) is 0 Å². The summed E-state index contributed by atoms with van der Waals surface area (Å²) in [5.41, 5.74) is 3.54. The van der Waals surface area contributed by atoms with E-state index in [1.165, 1.54) is 11.1 Å². The fourth-order valence-electron chi connectivity index (χ4n) is 1.77. The largest absolute Gasteiger partial charge is 0.326 e. The molecule has 0 radical (unpaired) electrons. The Morgan fingerprint density at radius 1 is 0.889 bits per heavy atom. The molecule has 2 nitrogen and oxygen atoms in total. The summed E-state index contributed by atoms with van der Waals surface area (Å²) in [6.45, 7) is 14.7. The van der Waals surface area contributed by atoms with Gasteiger partial charge in [-0.15, -0.1) is 0 Å². The van der Waals surface area contributed by atoms with Gasteiger partial charge in [-0.1, -0.05) is 47.6 Å². The van der Waals surface area contributed by atoms with Gasteiger partial charge < -0.3 is 5.32 Å². The highest BCUT2D eigenvalue weighted by atomic mass is 16.1. The van der Waals surface area contributed by atoms with E-state index in [-0.39, 0.29) is 16.7 Å². The number of benzene rings is 1. The molecule has 1 aromatic rings. The zero-order chi connectivity index (χ0) is 14.1. The number of carbonyl (C=O) groups excluding carboxylic acids is 1. The summed E-state index contributed by atoms with van der Waals surface area (Å²) in [5, 5.41) is 2.89. The fourth-order valence-corrected chi connectivity index (χ4v) is 1.77. The average molecular weight is 247 g/mol. The van der Waals surface area contributed by atoms with Crippen molar-refractivity contribution in [1.82, 2.24) is 0 Å². The van der Waals surface area contributed by atoms with Gasteiger partial charge in [0, 0.05) is 12.6 Å². The summed E-state index contributed by atoms with van der Waals surface area (Å²) in [6, 6.07) is 6.37. The van der Waals surface area contributed by atoms with Crippen LogP contribution < -0.4 is 5.32 Å². The third-order valence-corrected chi connectivity index (χ3v) is 2.99. The summed E-state index contributed by atoms with van der Waals surface area (Å²) >= 11 is 0. The second-order valence-corrected chi connectivity index (χ2v) is 6.98. The van der Waals surface area contributed by atoms with Crippen molar-refractivity contribution in [3.05, 3.63) is 29.3 Å². The van der Waals surface area contributed by atoms with Gasteiger partial charge in [-0.25, -0.2) is 0 Å². The van der Waals surface area contributed by atoms with Crippen LogP contribution >= 0.6 is 0 Å². The van der Waals surface area contributed by atoms with Crippen LogP contribution in [0.4, 0.5) is 5.69 Å². The highest BCUT2D eigenvalue weighted by molar-refractivity contribution is 5.88. The summed E-state index contributed by atoms with van der Waals surface area (Å²) in [6.07, 6.45) is 0. The van der Waals surface area contributed by atoms with E-state index in [0.717, 1.165) is 5.69 Å². The normalized spacial score (nSPS) is 12.4. The Morgan fingerprint density at radius 2 is 1.28 bits per heavy atom. The second-order valence-electron chi connectivity index (χ2n) is 6.98. The standard InChI is InChI=1S/C16H25NO/c1-11(18)17-14-9-12(15(2,3)4)8-13(10-14)16(5,6)7/h8-10H,1-7H3,(H,17,18). The maximum Gasteiger partial charge on any atom is 0.221 e. The molecule has 0 saturated heterocycles. The van der Waals surface area contributed by atoms with Gasteiger partial charge in [-0.05, 0) is 34.1 Å². The molecule has 0 atom stereocenters. The highest BCUT2D eigenvalue weighted by Crippen LogP contribution is 2.31. The Bertz CT molecular complexity index is 415. The molecule has 1 amide bonds. The molecule has 0 fully saturated rings. The lowest BCUT2D eigenvalue weighted by atomic mass is 9.80. The minimum absolute atomic E-state index is 0.0269. The lowest BCUT2D eigenvalue weighted by Gasteiger charge is -2.26. The van der Waals surface area contributed by atoms with Gasteiger partial charge in [0.15, 0.2) is 0 Å². The summed E-state index contributed by atoms with van der Waals surface area (Å²) < 4.78 is 0. The molecule has 0 saturated carbocycles. The van der Waals surface area contributed by atoms with E-state index in [2.05, 4.69) is 65.1 Å². The van der Waals surface area contributed by atoms with Gasteiger partial charge in [0.25, 0.3) is 0 Å². The molecule has 18 heavy (non-hydrogen) atoms. The van der Waals surface area contributed by atoms with Gasteiger partial charge in [0.05, 0.1) is 0 Å². The van der Waals surface area contributed by atoms with Crippen LogP contribution in [-0.2, 0) is 15.6 Å². The molecule has 0 spiro atoms. The van der Waals surface area contributed by atoms with Crippen molar-refractivity contribution >= 4 is 11.6 Å². The smallest absolute Gasteiger partial charge is 0.221 e. The van der Waals surface area contributed by atoms with E-state index in [4.69, 9.17) is 0 Å². The maximum atomic E-state index is 11.2. The van der Waals surface area contributed by atoms with Crippen molar-refractivity contribution in [2.75, 3.05) is 5.32 Å². The number of hydrogen-bond donors (Lipinski definition) is 1. The first-order valence-corrected chi connectivity index (χ1v) is 6.44. The van der Waals surface area contributed by atoms with Gasteiger partial charge in [-0.2, -0.15) is 0 Å². The van der Waals surface area contributed by atoms with Gasteiger partial charge in [0.2, 0.25) is 5.91 Å². The molecule has 0 unspecified atom stereocenters. The first-order chi connectivity index (χ1) is 8.00. The number of amides is 1. The average Bonchev–Trinajstić information content (AvgIpc) is 2.13. The first kappa shape index (κ1) is 14.7. The Labute approximate surface area is 111 Å². The van der Waals surface area contributed by atoms with Crippen molar-refractivity contribution in [3.8, 4) is 0 Å². The lowest BCUT2D eigenvalue weighted by Crippen LogP contribution is -2.18. The topological polar surface area (TPSA) is 29.1 Å². The van der Waals surface area contributed by atoms with Gasteiger partial charge in [-0.3, -0.25) is 4.79 Å². The van der Waals surface area contributed by atoms with Crippen LogP contribution in [0.2, 0.25) is 0 Å². The van der Waals surface area contributed by atoms with E-state index < -0.39 is 0 Å². The Morgan fingerprint density at radius 3 is 1.56 bits per heavy atom. The zero-order valence-electron chi connectivity index (χ0n) is 12.6. The molecular formula is C16H25NO. The number of nitrogens with one attached hydrogen (secondary N) is 1. The van der Waals surface area contributed by atoms with Crippen molar-refractivity contribution < 1.29 is 4.79 Å². The van der Waals surface area contributed by atoms with E-state index >= 15 is 0 Å². The third kappa shape index (κ3) is 3.86. The molecular weight excluding hydrogens is 222 g/mol. The molecule has 2 heteroatoms. The Balaban J connectivity index is 3.34. The molecule has 0 heterocycles. The predicted molar refractivity (Wildman–Crippen MR) is 78.1 cm³/mol. The molecule has 0 bridgehead atoms. The van der Waals surface area contributed by atoms with Crippen LogP contribution in [0.1, 0.15) is 59.6 Å². The summed E-state index contributed by atoms with van der Waals surface area (Å²) in [5.74, 6) is -0.0269. The number of anilines is 1. The van der Waals surface area contributed by atoms with Crippen molar-refractivity contribution in [3.63, 3.8) is 0 Å². The van der Waals surface area contributed by atoms with E-state index in [0.29, 0.717) is 0 Å². The van der Waals surface area contributed by atoms with Crippen LogP contribution in [-0.4, -0.2) is 5.91 Å². The predicted octanol–water partition coefficient (Wildman–Crippen LogP) is 4.24. The Kier molecular flexibility index (Phi) is 3.89. The van der Waals surface area contributed by atoms with Crippen molar-refractivity contribution in [2.45, 2.75) is 59.3 Å². The molecule has 0 aliphatic carbocycles. The monoisotopic (exact) mass is 247 g/mol. The zero-order valence-corrected chi connectivity index (χ0v) is 12.6. The second kappa shape index (κ2) is 4.75. The number of carbonyl (C=O) groups is 1. The Hall–Kier alpha value is -1.31. The molecule has 0 aliphatic rings. The van der Waals surface area contributed by atoms with Gasteiger partial charge >= 0.3 is 0 Å². The molecule has 1 rings (SSSR count). The molecule has 0 aromatic heterocycles. The fraction of sp³-hybridized carbons (Fsp3) is 0.562. The quantitative estimate of drug-likeness (QED) is 0.790. The summed E-state index contributed by atoms with van der Waals surface area (Å²) in [7, 11) is 0. The van der Waals surface area contributed by atoms with Crippen molar-refractivity contribution in [2.24, 2.45) is 0 Å². The third-order valence-electron chi connectivity index (χ3n) is 2.99. The highest BCUT2D eigenvalue weighted by Gasteiger charge is 2.20. The van der Waals surface area contributed by atoms with E-state index in [9.17, 15) is 4.79 Å². The summed E-state index contributed by atoms with van der Waals surface area (Å²) in [4.78, 5) is 11.2. The lowest BCUT2D eigenvalue weighted by molar-refractivity contribution is -0.114. The first-order valence-electron chi connectivity index (χ1n) is 6.44.